The second kappa shape index (κ2) is 12.5. The highest BCUT2D eigenvalue weighted by Gasteiger charge is 2.14. The largest absolute Gasteiger partial charge is 0.357 e. The SMILES string of the molecule is CCNC(=NCc1ccc(Br)cc1)N(C)CC(=O)N(CC)CC.I. The Morgan fingerprint density at radius 3 is 2.25 bits per heavy atom. The van der Waals surface area contributed by atoms with Gasteiger partial charge in [-0.25, -0.2) is 4.99 Å². The van der Waals surface area contributed by atoms with E-state index in [4.69, 9.17) is 0 Å². The molecule has 0 fully saturated rings. The summed E-state index contributed by atoms with van der Waals surface area (Å²) in [6.45, 7) is 9.15. The van der Waals surface area contributed by atoms with Crippen molar-refractivity contribution in [1.29, 1.82) is 0 Å². The third-order valence-electron chi connectivity index (χ3n) is 3.51. The van der Waals surface area contributed by atoms with Crippen molar-refractivity contribution in [3.63, 3.8) is 0 Å². The Morgan fingerprint density at radius 1 is 1.17 bits per heavy atom. The van der Waals surface area contributed by atoms with Crippen molar-refractivity contribution in [3.8, 4) is 0 Å². The van der Waals surface area contributed by atoms with Gasteiger partial charge in [0.2, 0.25) is 5.91 Å². The number of hydrogen-bond acceptors (Lipinski definition) is 2. The van der Waals surface area contributed by atoms with Crippen LogP contribution in [-0.4, -0.2) is 54.9 Å². The van der Waals surface area contributed by atoms with Crippen LogP contribution in [0.5, 0.6) is 0 Å². The fourth-order valence-corrected chi connectivity index (χ4v) is 2.44. The number of carbonyl (C=O) groups excluding carboxylic acids is 1. The Bertz CT molecular complexity index is 518. The molecule has 0 aromatic heterocycles. The molecule has 0 unspecified atom stereocenters. The molecule has 1 rings (SSSR count). The summed E-state index contributed by atoms with van der Waals surface area (Å²) in [5.41, 5.74) is 1.13. The zero-order chi connectivity index (χ0) is 17.2. The summed E-state index contributed by atoms with van der Waals surface area (Å²) in [6.07, 6.45) is 0. The van der Waals surface area contributed by atoms with E-state index in [2.05, 4.69) is 26.2 Å². The van der Waals surface area contributed by atoms with Gasteiger partial charge >= 0.3 is 0 Å². The van der Waals surface area contributed by atoms with E-state index in [1.807, 2.05) is 61.9 Å². The van der Waals surface area contributed by atoms with Gasteiger partial charge < -0.3 is 15.1 Å². The highest BCUT2D eigenvalue weighted by molar-refractivity contribution is 14.0. The van der Waals surface area contributed by atoms with Gasteiger partial charge in [0.15, 0.2) is 5.96 Å². The minimum absolute atomic E-state index is 0. The smallest absolute Gasteiger partial charge is 0.242 e. The molecule has 1 aromatic rings. The molecular formula is C17H28BrIN4O. The number of carbonyl (C=O) groups is 1. The number of nitrogens with one attached hydrogen (secondary N) is 1. The van der Waals surface area contributed by atoms with Gasteiger partial charge in [0.1, 0.15) is 0 Å². The van der Waals surface area contributed by atoms with E-state index >= 15 is 0 Å². The number of amides is 1. The maximum Gasteiger partial charge on any atom is 0.242 e. The van der Waals surface area contributed by atoms with Crippen molar-refractivity contribution >= 4 is 51.8 Å². The Kier molecular flexibility index (Phi) is 12.1. The molecule has 136 valence electrons. The third-order valence-corrected chi connectivity index (χ3v) is 4.04. The van der Waals surface area contributed by atoms with Crippen molar-refractivity contribution in [1.82, 2.24) is 15.1 Å². The molecule has 0 aliphatic carbocycles. The molecule has 1 N–H and O–H groups in total. The standard InChI is InChI=1S/C17H27BrN4O.HI/c1-5-19-17(20-12-14-8-10-15(18)11-9-14)21(4)13-16(23)22(6-2)7-3;/h8-11H,5-7,12-13H2,1-4H3,(H,19,20);1H. The van der Waals surface area contributed by atoms with Crippen molar-refractivity contribution in [3.05, 3.63) is 34.3 Å². The van der Waals surface area contributed by atoms with E-state index in [1.54, 1.807) is 0 Å². The number of nitrogens with zero attached hydrogens (tertiary/aromatic N) is 3. The molecule has 0 aliphatic rings. The Hall–Kier alpha value is -0.830. The highest BCUT2D eigenvalue weighted by atomic mass is 127. The lowest BCUT2D eigenvalue weighted by Gasteiger charge is -2.25. The van der Waals surface area contributed by atoms with Gasteiger partial charge in [-0.3, -0.25) is 4.79 Å². The summed E-state index contributed by atoms with van der Waals surface area (Å²) in [5, 5.41) is 3.24. The summed E-state index contributed by atoms with van der Waals surface area (Å²) in [7, 11) is 1.89. The average molecular weight is 511 g/mol. The molecule has 0 saturated heterocycles. The molecule has 1 aromatic carbocycles. The molecule has 0 spiro atoms. The third kappa shape index (κ3) is 7.83. The lowest BCUT2D eigenvalue weighted by molar-refractivity contribution is -0.131. The van der Waals surface area contributed by atoms with Gasteiger partial charge in [-0.2, -0.15) is 0 Å². The van der Waals surface area contributed by atoms with Crippen LogP contribution in [0.15, 0.2) is 33.7 Å². The first-order valence-electron chi connectivity index (χ1n) is 8.03. The van der Waals surface area contributed by atoms with Crippen LogP contribution in [0.3, 0.4) is 0 Å². The van der Waals surface area contributed by atoms with Crippen LogP contribution >= 0.6 is 39.9 Å². The van der Waals surface area contributed by atoms with Crippen LogP contribution in [-0.2, 0) is 11.3 Å². The summed E-state index contributed by atoms with van der Waals surface area (Å²) >= 11 is 3.43. The number of likely N-dealkylation sites (N-methyl/N-ethyl adjacent to an activating group) is 2. The number of aliphatic imine (C=N–C) groups is 1. The molecule has 24 heavy (non-hydrogen) atoms. The summed E-state index contributed by atoms with van der Waals surface area (Å²) in [4.78, 5) is 20.6. The summed E-state index contributed by atoms with van der Waals surface area (Å²) in [6, 6.07) is 8.09. The lowest BCUT2D eigenvalue weighted by Crippen LogP contribution is -2.45. The van der Waals surface area contributed by atoms with Gasteiger partial charge in [0.05, 0.1) is 13.1 Å². The Balaban J connectivity index is 0.00000529. The molecule has 0 heterocycles. The first-order valence-corrected chi connectivity index (χ1v) is 8.82. The van der Waals surface area contributed by atoms with Crippen LogP contribution < -0.4 is 5.32 Å². The van der Waals surface area contributed by atoms with E-state index in [0.717, 1.165) is 35.6 Å². The topological polar surface area (TPSA) is 47.9 Å². The molecule has 7 heteroatoms. The molecule has 0 atom stereocenters. The van der Waals surface area contributed by atoms with Crippen LogP contribution in [0.2, 0.25) is 0 Å². The minimum atomic E-state index is 0. The summed E-state index contributed by atoms with van der Waals surface area (Å²) in [5.74, 6) is 0.864. The fraction of sp³-hybridized carbons (Fsp3) is 0.529. The second-order valence-corrected chi connectivity index (χ2v) is 6.13. The second-order valence-electron chi connectivity index (χ2n) is 5.22. The molecule has 0 aliphatic heterocycles. The van der Waals surface area contributed by atoms with Crippen LogP contribution in [0.4, 0.5) is 0 Å². The van der Waals surface area contributed by atoms with Gasteiger partial charge in [0, 0.05) is 31.2 Å². The monoisotopic (exact) mass is 510 g/mol. The van der Waals surface area contributed by atoms with E-state index in [9.17, 15) is 4.79 Å². The van der Waals surface area contributed by atoms with Gasteiger partial charge in [-0.05, 0) is 38.5 Å². The van der Waals surface area contributed by atoms with Crippen molar-refractivity contribution in [2.24, 2.45) is 4.99 Å². The zero-order valence-corrected chi connectivity index (χ0v) is 18.8. The van der Waals surface area contributed by atoms with Crippen LogP contribution in [0.1, 0.15) is 26.3 Å². The molecule has 0 radical (unpaired) electrons. The molecule has 5 nitrogen and oxygen atoms in total. The van der Waals surface area contributed by atoms with E-state index in [0.29, 0.717) is 13.1 Å². The fourth-order valence-electron chi connectivity index (χ4n) is 2.18. The number of benzene rings is 1. The number of hydrogen-bond donors (Lipinski definition) is 1. The maximum absolute atomic E-state index is 12.2. The Morgan fingerprint density at radius 2 is 1.75 bits per heavy atom. The van der Waals surface area contributed by atoms with Gasteiger partial charge in [0.25, 0.3) is 0 Å². The highest BCUT2D eigenvalue weighted by Crippen LogP contribution is 2.11. The molecular weight excluding hydrogens is 483 g/mol. The van der Waals surface area contributed by atoms with E-state index in [-0.39, 0.29) is 29.9 Å². The van der Waals surface area contributed by atoms with Gasteiger partial charge in [-0.15, -0.1) is 24.0 Å². The van der Waals surface area contributed by atoms with E-state index < -0.39 is 0 Å². The molecule has 1 amide bonds. The maximum atomic E-state index is 12.2. The predicted octanol–water partition coefficient (Wildman–Crippen LogP) is 3.33. The van der Waals surface area contributed by atoms with Gasteiger partial charge in [-0.1, -0.05) is 28.1 Å². The minimum Gasteiger partial charge on any atom is -0.357 e. The first kappa shape index (κ1) is 23.2. The molecule has 0 saturated carbocycles. The van der Waals surface area contributed by atoms with Crippen LogP contribution in [0, 0.1) is 0 Å². The van der Waals surface area contributed by atoms with Crippen molar-refractivity contribution < 1.29 is 4.79 Å². The predicted molar refractivity (Wildman–Crippen MR) is 115 cm³/mol. The van der Waals surface area contributed by atoms with Crippen molar-refractivity contribution in [2.45, 2.75) is 27.3 Å². The number of rotatable bonds is 7. The normalized spacial score (nSPS) is 10.8. The number of guanidine groups is 1. The quantitative estimate of drug-likeness (QED) is 0.347. The van der Waals surface area contributed by atoms with Crippen LogP contribution in [0.25, 0.3) is 0 Å². The average Bonchev–Trinajstić information content (AvgIpc) is 2.54. The number of halogens is 2. The van der Waals surface area contributed by atoms with Crippen molar-refractivity contribution in [2.75, 3.05) is 33.2 Å². The lowest BCUT2D eigenvalue weighted by atomic mass is 10.2. The summed E-state index contributed by atoms with van der Waals surface area (Å²) < 4.78 is 1.05. The first-order chi connectivity index (χ1) is 11.0. The Labute approximate surface area is 171 Å². The van der Waals surface area contributed by atoms with E-state index in [1.165, 1.54) is 0 Å². The zero-order valence-electron chi connectivity index (χ0n) is 14.9. The molecule has 0 bridgehead atoms.